The van der Waals surface area contributed by atoms with Crippen molar-refractivity contribution >= 4 is 5.69 Å². The molecular weight excluding hydrogens is 227 g/mol. The maximum atomic E-state index is 13.7. The molecule has 2 aromatic rings. The maximum Gasteiger partial charge on any atom is 0.272 e. The van der Waals surface area contributed by atoms with Gasteiger partial charge in [0.1, 0.15) is 0 Å². The molecule has 0 radical (unpaired) electrons. The number of halogens is 1. The molecule has 0 saturated carbocycles. The van der Waals surface area contributed by atoms with Gasteiger partial charge in [0.2, 0.25) is 0 Å². The van der Waals surface area contributed by atoms with E-state index in [1.165, 1.54) is 16.7 Å². The molecule has 5 nitrogen and oxygen atoms in total. The van der Waals surface area contributed by atoms with E-state index in [1.54, 1.807) is 18.3 Å². The van der Waals surface area contributed by atoms with Crippen molar-refractivity contribution in [2.75, 3.05) is 0 Å². The van der Waals surface area contributed by atoms with Crippen LogP contribution in [0.1, 0.15) is 5.69 Å². The third-order valence-corrected chi connectivity index (χ3v) is 2.40. The fourth-order valence-corrected chi connectivity index (χ4v) is 1.58. The van der Waals surface area contributed by atoms with Crippen molar-refractivity contribution in [2.45, 2.75) is 6.61 Å². The van der Waals surface area contributed by atoms with Gasteiger partial charge >= 0.3 is 0 Å². The van der Waals surface area contributed by atoms with E-state index >= 15 is 0 Å². The summed E-state index contributed by atoms with van der Waals surface area (Å²) in [6.07, 6.45) is 1.58. The molecule has 1 N–H and O–H groups in total. The second kappa shape index (κ2) is 4.34. The number of nitrogens with zero attached hydrogens (tertiary/aromatic N) is 2. The van der Waals surface area contributed by atoms with Crippen molar-refractivity contribution in [3.05, 3.63) is 58.2 Å². The molecule has 0 atom stereocenters. The zero-order chi connectivity index (χ0) is 12.4. The molecular formula is C11H9FN2O3. The second-order valence-corrected chi connectivity index (χ2v) is 3.42. The zero-order valence-corrected chi connectivity index (χ0v) is 8.71. The van der Waals surface area contributed by atoms with Crippen LogP contribution in [0.2, 0.25) is 0 Å². The predicted octanol–water partition coefficient (Wildman–Crippen LogP) is 2.02. The SMILES string of the molecule is O=[N+]([O-])c1ccc(-n2cccc2CO)c(F)c1. The maximum absolute atomic E-state index is 13.7. The summed E-state index contributed by atoms with van der Waals surface area (Å²) >= 11 is 0. The lowest BCUT2D eigenvalue weighted by Gasteiger charge is -2.08. The van der Waals surface area contributed by atoms with E-state index in [0.29, 0.717) is 5.69 Å². The van der Waals surface area contributed by atoms with Gasteiger partial charge in [0.25, 0.3) is 5.69 Å². The summed E-state index contributed by atoms with van der Waals surface area (Å²) in [5.74, 6) is -0.704. The fourth-order valence-electron chi connectivity index (χ4n) is 1.58. The minimum Gasteiger partial charge on any atom is -0.390 e. The van der Waals surface area contributed by atoms with Crippen LogP contribution in [-0.4, -0.2) is 14.6 Å². The minimum atomic E-state index is -0.704. The van der Waals surface area contributed by atoms with Crippen LogP contribution in [0.4, 0.5) is 10.1 Å². The molecule has 1 heterocycles. The molecule has 0 aliphatic rings. The number of non-ortho nitro benzene ring substituents is 1. The van der Waals surface area contributed by atoms with E-state index < -0.39 is 10.7 Å². The number of nitro benzene ring substituents is 1. The van der Waals surface area contributed by atoms with E-state index in [4.69, 9.17) is 5.11 Å². The molecule has 1 aromatic carbocycles. The lowest BCUT2D eigenvalue weighted by atomic mass is 10.2. The molecule has 88 valence electrons. The first-order chi connectivity index (χ1) is 8.13. The van der Waals surface area contributed by atoms with Gasteiger partial charge in [-0.15, -0.1) is 0 Å². The second-order valence-electron chi connectivity index (χ2n) is 3.42. The van der Waals surface area contributed by atoms with Gasteiger partial charge in [0.15, 0.2) is 5.82 Å². The Kier molecular flexibility index (Phi) is 2.88. The average molecular weight is 236 g/mol. The van der Waals surface area contributed by atoms with E-state index in [-0.39, 0.29) is 18.0 Å². The van der Waals surface area contributed by atoms with Crippen LogP contribution in [0.3, 0.4) is 0 Å². The molecule has 17 heavy (non-hydrogen) atoms. The van der Waals surface area contributed by atoms with Crippen molar-refractivity contribution in [3.8, 4) is 5.69 Å². The van der Waals surface area contributed by atoms with Gasteiger partial charge < -0.3 is 9.67 Å². The van der Waals surface area contributed by atoms with Crippen LogP contribution in [0, 0.1) is 15.9 Å². The first-order valence-corrected chi connectivity index (χ1v) is 4.85. The van der Waals surface area contributed by atoms with E-state index in [0.717, 1.165) is 6.07 Å². The highest BCUT2D eigenvalue weighted by molar-refractivity contribution is 5.43. The molecule has 2 rings (SSSR count). The first-order valence-electron chi connectivity index (χ1n) is 4.85. The Bertz CT molecular complexity index is 566. The number of benzene rings is 1. The smallest absolute Gasteiger partial charge is 0.272 e. The number of hydrogen-bond acceptors (Lipinski definition) is 3. The first kappa shape index (κ1) is 11.3. The van der Waals surface area contributed by atoms with Crippen molar-refractivity contribution in [3.63, 3.8) is 0 Å². The van der Waals surface area contributed by atoms with Crippen molar-refractivity contribution in [1.82, 2.24) is 4.57 Å². The lowest BCUT2D eigenvalue weighted by Crippen LogP contribution is -2.02. The minimum absolute atomic E-state index is 0.171. The molecule has 0 aliphatic carbocycles. The summed E-state index contributed by atoms with van der Waals surface area (Å²) in [5.41, 5.74) is 0.381. The topological polar surface area (TPSA) is 68.3 Å². The summed E-state index contributed by atoms with van der Waals surface area (Å²) in [6, 6.07) is 6.69. The molecule has 0 fully saturated rings. The third-order valence-electron chi connectivity index (χ3n) is 2.40. The van der Waals surface area contributed by atoms with E-state index in [9.17, 15) is 14.5 Å². The lowest BCUT2D eigenvalue weighted by molar-refractivity contribution is -0.385. The van der Waals surface area contributed by atoms with Crippen molar-refractivity contribution in [1.29, 1.82) is 0 Å². The van der Waals surface area contributed by atoms with Crippen molar-refractivity contribution in [2.24, 2.45) is 0 Å². The number of nitro groups is 1. The monoisotopic (exact) mass is 236 g/mol. The molecule has 0 bridgehead atoms. The third kappa shape index (κ3) is 2.02. The Balaban J connectivity index is 2.50. The average Bonchev–Trinajstić information content (AvgIpc) is 2.76. The Morgan fingerprint density at radius 2 is 2.18 bits per heavy atom. The van der Waals surface area contributed by atoms with Crippen LogP contribution < -0.4 is 0 Å². The van der Waals surface area contributed by atoms with Crippen LogP contribution in [0.5, 0.6) is 0 Å². The molecule has 0 unspecified atom stereocenters. The summed E-state index contributed by atoms with van der Waals surface area (Å²) in [7, 11) is 0. The molecule has 1 aromatic heterocycles. The Morgan fingerprint density at radius 1 is 1.41 bits per heavy atom. The Hall–Kier alpha value is -2.21. The van der Waals surface area contributed by atoms with Crippen LogP contribution in [-0.2, 0) is 6.61 Å². The van der Waals surface area contributed by atoms with Gasteiger partial charge in [-0.3, -0.25) is 10.1 Å². The molecule has 6 heteroatoms. The Morgan fingerprint density at radius 3 is 2.76 bits per heavy atom. The normalized spacial score (nSPS) is 10.5. The highest BCUT2D eigenvalue weighted by atomic mass is 19.1. The van der Waals surface area contributed by atoms with E-state index in [2.05, 4.69) is 0 Å². The van der Waals surface area contributed by atoms with Crippen LogP contribution in [0.25, 0.3) is 5.69 Å². The summed E-state index contributed by atoms with van der Waals surface area (Å²) < 4.78 is 15.1. The molecule has 0 saturated heterocycles. The predicted molar refractivity (Wildman–Crippen MR) is 58.3 cm³/mol. The summed E-state index contributed by atoms with van der Waals surface area (Å²) in [6.45, 7) is -0.233. The quantitative estimate of drug-likeness (QED) is 0.654. The Labute approximate surface area is 95.9 Å². The van der Waals surface area contributed by atoms with Gasteiger partial charge in [-0.1, -0.05) is 0 Å². The van der Waals surface area contributed by atoms with Crippen molar-refractivity contribution < 1.29 is 14.4 Å². The highest BCUT2D eigenvalue weighted by Crippen LogP contribution is 2.21. The largest absolute Gasteiger partial charge is 0.390 e. The fraction of sp³-hybridized carbons (Fsp3) is 0.0909. The molecule has 0 spiro atoms. The number of aliphatic hydroxyl groups is 1. The summed E-state index contributed by atoms with van der Waals surface area (Å²) in [4.78, 5) is 9.81. The van der Waals surface area contributed by atoms with Gasteiger partial charge in [-0.25, -0.2) is 4.39 Å². The molecule has 0 aliphatic heterocycles. The standard InChI is InChI=1S/C11H9FN2O3/c12-10-6-8(14(16)17)3-4-11(10)13-5-1-2-9(13)7-15/h1-6,15H,7H2. The highest BCUT2D eigenvalue weighted by Gasteiger charge is 2.13. The van der Waals surface area contributed by atoms with Gasteiger partial charge in [0.05, 0.1) is 23.3 Å². The van der Waals surface area contributed by atoms with Gasteiger partial charge in [-0.05, 0) is 18.2 Å². The number of aromatic nitrogens is 1. The van der Waals surface area contributed by atoms with Gasteiger partial charge in [-0.2, -0.15) is 0 Å². The van der Waals surface area contributed by atoms with E-state index in [1.807, 2.05) is 0 Å². The summed E-state index contributed by atoms with van der Waals surface area (Å²) in [5, 5.41) is 19.5. The number of aliphatic hydroxyl groups excluding tert-OH is 1. The molecule has 0 amide bonds. The number of hydrogen-bond donors (Lipinski definition) is 1. The van der Waals surface area contributed by atoms with Gasteiger partial charge in [0, 0.05) is 18.0 Å². The van der Waals surface area contributed by atoms with Crippen LogP contribution in [0.15, 0.2) is 36.5 Å². The van der Waals surface area contributed by atoms with Crippen LogP contribution >= 0.6 is 0 Å². The number of rotatable bonds is 3. The zero-order valence-electron chi connectivity index (χ0n) is 8.71.